The molecular formula is C57H44N4. The lowest BCUT2D eigenvalue weighted by Gasteiger charge is -2.28. The van der Waals surface area contributed by atoms with Crippen molar-refractivity contribution in [2.45, 2.75) is 52.4 Å². The van der Waals surface area contributed by atoms with Crippen LogP contribution >= 0.6 is 0 Å². The van der Waals surface area contributed by atoms with Gasteiger partial charge in [-0.05, 0) is 105 Å². The zero-order valence-corrected chi connectivity index (χ0v) is 35.3. The number of fused-ring (bicyclic) bond motifs is 15. The van der Waals surface area contributed by atoms with Gasteiger partial charge < -0.3 is 9.30 Å². The SMILES string of the molecule is CC(C)(C)c1ccc2c(c1)c1cc(C(C)(C)C)cc3c4nc5c(cc4n2c13)c1c2ccccc2cc2c3cc4ccccc4c(N(c4ccccc4)c4ccccc4)c3n5c21. The maximum Gasteiger partial charge on any atom is 0.146 e. The van der Waals surface area contributed by atoms with E-state index in [0.717, 1.165) is 39.3 Å². The van der Waals surface area contributed by atoms with Crippen molar-refractivity contribution in [2.24, 2.45) is 0 Å². The van der Waals surface area contributed by atoms with Crippen LogP contribution in [-0.4, -0.2) is 13.8 Å². The summed E-state index contributed by atoms with van der Waals surface area (Å²) in [5.41, 5.74) is 14.1. The standard InChI is InChI=1S/C57H44N4/c1-56(2,3)35-25-26-47-41(29-35)44-30-36(57(4,5)6)31-46-50-48(60(47)51(44)46)32-45-49-39-23-15-13-17-33(39)27-42-43-28-34-18-14-16-24-40(34)53(54(43)61(52(42)49)55(45)58-50)59(37-19-9-7-10-20-37)38-21-11-8-12-22-38/h7-32H,1-6H3. The fraction of sp³-hybridized carbons (Fsp3) is 0.140. The van der Waals surface area contributed by atoms with Crippen molar-refractivity contribution >= 4 is 115 Å². The van der Waals surface area contributed by atoms with Crippen molar-refractivity contribution in [1.82, 2.24) is 13.8 Å². The van der Waals surface area contributed by atoms with Crippen molar-refractivity contribution in [3.63, 3.8) is 0 Å². The second-order valence-corrected chi connectivity index (χ2v) is 19.3. The van der Waals surface area contributed by atoms with Crippen LogP contribution in [0.4, 0.5) is 17.1 Å². The molecule has 61 heavy (non-hydrogen) atoms. The number of anilines is 3. The van der Waals surface area contributed by atoms with E-state index in [1.165, 1.54) is 86.9 Å². The summed E-state index contributed by atoms with van der Waals surface area (Å²) in [6.07, 6.45) is 0. The first-order chi connectivity index (χ1) is 29.5. The Hall–Kier alpha value is -7.17. The Morgan fingerprint density at radius 2 is 0.967 bits per heavy atom. The van der Waals surface area contributed by atoms with Crippen LogP contribution < -0.4 is 4.90 Å². The van der Waals surface area contributed by atoms with Crippen LogP contribution in [-0.2, 0) is 10.8 Å². The van der Waals surface area contributed by atoms with E-state index in [1.54, 1.807) is 0 Å². The molecule has 0 aliphatic rings. The van der Waals surface area contributed by atoms with Gasteiger partial charge >= 0.3 is 0 Å². The van der Waals surface area contributed by atoms with E-state index < -0.39 is 0 Å². The fourth-order valence-electron chi connectivity index (χ4n) is 10.6. The minimum absolute atomic E-state index is 0.0360. The van der Waals surface area contributed by atoms with Gasteiger partial charge in [0.05, 0.1) is 38.8 Å². The third-order valence-corrected chi connectivity index (χ3v) is 13.6. The van der Waals surface area contributed by atoms with Gasteiger partial charge in [-0.1, -0.05) is 133 Å². The second kappa shape index (κ2) is 11.8. The molecule has 0 unspecified atom stereocenters. The first kappa shape index (κ1) is 34.7. The summed E-state index contributed by atoms with van der Waals surface area (Å²) >= 11 is 0. The average molecular weight is 785 g/mol. The van der Waals surface area contributed by atoms with Gasteiger partial charge in [-0.15, -0.1) is 0 Å². The Balaban J connectivity index is 1.28. The molecule has 0 aliphatic heterocycles. The number of hydrogen-bond donors (Lipinski definition) is 0. The number of pyridine rings is 1. The number of rotatable bonds is 3. The monoisotopic (exact) mass is 784 g/mol. The molecule has 5 aromatic heterocycles. The molecule has 0 fully saturated rings. The summed E-state index contributed by atoms with van der Waals surface area (Å²) in [6, 6.07) is 58.8. The van der Waals surface area contributed by atoms with E-state index in [2.05, 4.69) is 213 Å². The molecule has 13 rings (SSSR count). The van der Waals surface area contributed by atoms with Crippen LogP contribution in [0.15, 0.2) is 158 Å². The number of benzene rings is 8. The van der Waals surface area contributed by atoms with Crippen LogP contribution in [0.25, 0.3) is 98.0 Å². The van der Waals surface area contributed by atoms with Crippen LogP contribution in [0.1, 0.15) is 52.7 Å². The third kappa shape index (κ3) is 4.62. The number of aromatic nitrogens is 3. The first-order valence-electron chi connectivity index (χ1n) is 21.6. The largest absolute Gasteiger partial charge is 0.308 e. The quantitative estimate of drug-likeness (QED) is 0.178. The van der Waals surface area contributed by atoms with E-state index in [1.807, 2.05) is 0 Å². The van der Waals surface area contributed by atoms with Crippen molar-refractivity contribution in [2.75, 3.05) is 4.90 Å². The van der Waals surface area contributed by atoms with Crippen molar-refractivity contribution in [1.29, 1.82) is 0 Å². The molecule has 0 amide bonds. The molecule has 0 aliphatic carbocycles. The highest BCUT2D eigenvalue weighted by Crippen LogP contribution is 2.51. The van der Waals surface area contributed by atoms with Crippen LogP contribution in [0.5, 0.6) is 0 Å². The summed E-state index contributed by atoms with van der Waals surface area (Å²) < 4.78 is 5.04. The molecule has 8 aromatic carbocycles. The molecule has 4 heteroatoms. The lowest BCUT2D eigenvalue weighted by Crippen LogP contribution is -2.11. The smallest absolute Gasteiger partial charge is 0.146 e. The first-order valence-corrected chi connectivity index (χ1v) is 21.6. The predicted octanol–water partition coefficient (Wildman–Crippen LogP) is 15.8. The predicted molar refractivity (Wildman–Crippen MR) is 261 cm³/mol. The molecule has 0 N–H and O–H groups in total. The van der Waals surface area contributed by atoms with E-state index >= 15 is 0 Å². The van der Waals surface area contributed by atoms with Crippen LogP contribution in [0, 0.1) is 0 Å². The molecule has 0 spiro atoms. The Morgan fingerprint density at radius 3 is 1.64 bits per heavy atom. The number of nitrogens with zero attached hydrogens (tertiary/aromatic N) is 4. The van der Waals surface area contributed by atoms with Gasteiger partial charge in [0.2, 0.25) is 0 Å². The van der Waals surface area contributed by atoms with E-state index in [4.69, 9.17) is 4.98 Å². The Kier molecular flexibility index (Phi) is 6.69. The summed E-state index contributed by atoms with van der Waals surface area (Å²) in [5.74, 6) is 0. The average Bonchev–Trinajstić information content (AvgIpc) is 3.98. The van der Waals surface area contributed by atoms with Gasteiger partial charge in [0.1, 0.15) is 5.65 Å². The minimum atomic E-state index is -0.0491. The summed E-state index contributed by atoms with van der Waals surface area (Å²) in [7, 11) is 0. The molecule has 5 heterocycles. The Labute approximate surface area is 353 Å². The van der Waals surface area contributed by atoms with Gasteiger partial charge in [0, 0.05) is 54.5 Å². The summed E-state index contributed by atoms with van der Waals surface area (Å²) in [5, 5.41) is 13.6. The minimum Gasteiger partial charge on any atom is -0.308 e. The Bertz CT molecular complexity index is 3890. The van der Waals surface area contributed by atoms with Crippen LogP contribution in [0.3, 0.4) is 0 Å². The molecule has 0 radical (unpaired) electrons. The van der Waals surface area contributed by atoms with Gasteiger partial charge in [-0.2, -0.15) is 0 Å². The van der Waals surface area contributed by atoms with E-state index in [9.17, 15) is 0 Å². The third-order valence-electron chi connectivity index (χ3n) is 13.6. The van der Waals surface area contributed by atoms with Crippen LogP contribution in [0.2, 0.25) is 0 Å². The van der Waals surface area contributed by atoms with Crippen molar-refractivity contribution < 1.29 is 0 Å². The van der Waals surface area contributed by atoms with Gasteiger partial charge in [0.25, 0.3) is 0 Å². The molecular weight excluding hydrogens is 741 g/mol. The molecule has 0 bridgehead atoms. The lowest BCUT2D eigenvalue weighted by molar-refractivity contribution is 0.590. The Morgan fingerprint density at radius 1 is 0.410 bits per heavy atom. The maximum atomic E-state index is 5.95. The molecule has 0 saturated heterocycles. The maximum absolute atomic E-state index is 5.95. The molecule has 13 aromatic rings. The highest BCUT2D eigenvalue weighted by Gasteiger charge is 2.30. The zero-order chi connectivity index (χ0) is 41.1. The molecule has 4 nitrogen and oxygen atoms in total. The fourth-order valence-corrected chi connectivity index (χ4v) is 10.6. The summed E-state index contributed by atoms with van der Waals surface area (Å²) in [6.45, 7) is 13.9. The van der Waals surface area contributed by atoms with E-state index in [0.29, 0.717) is 0 Å². The highest BCUT2D eigenvalue weighted by molar-refractivity contribution is 6.35. The van der Waals surface area contributed by atoms with Gasteiger partial charge in [-0.3, -0.25) is 4.40 Å². The van der Waals surface area contributed by atoms with Crippen molar-refractivity contribution in [3.05, 3.63) is 169 Å². The molecule has 0 saturated carbocycles. The van der Waals surface area contributed by atoms with E-state index in [-0.39, 0.29) is 10.8 Å². The lowest BCUT2D eigenvalue weighted by atomic mass is 9.84. The number of hydrogen-bond acceptors (Lipinski definition) is 2. The van der Waals surface area contributed by atoms with Gasteiger partial charge in [0.15, 0.2) is 0 Å². The highest BCUT2D eigenvalue weighted by atomic mass is 15.2. The number of para-hydroxylation sites is 2. The topological polar surface area (TPSA) is 24.9 Å². The zero-order valence-electron chi connectivity index (χ0n) is 35.3. The summed E-state index contributed by atoms with van der Waals surface area (Å²) in [4.78, 5) is 8.41. The molecule has 0 atom stereocenters. The van der Waals surface area contributed by atoms with Gasteiger partial charge in [-0.25, -0.2) is 4.98 Å². The van der Waals surface area contributed by atoms with Crippen molar-refractivity contribution in [3.8, 4) is 0 Å². The normalized spacial score (nSPS) is 13.1. The second-order valence-electron chi connectivity index (χ2n) is 19.3. The molecule has 292 valence electrons.